The van der Waals surface area contributed by atoms with Crippen molar-refractivity contribution in [3.8, 4) is 5.75 Å². The van der Waals surface area contributed by atoms with Gasteiger partial charge in [0.15, 0.2) is 0 Å². The Hall–Kier alpha value is -0.400. The fraction of sp³-hybridized carbons (Fsp3) is 0.222. The van der Waals surface area contributed by atoms with E-state index >= 15 is 0 Å². The van der Waals surface area contributed by atoms with Crippen molar-refractivity contribution in [1.82, 2.24) is 0 Å². The van der Waals surface area contributed by atoms with Gasteiger partial charge in [0.2, 0.25) is 0 Å². The Morgan fingerprint density at radius 3 is 2.44 bits per heavy atom. The molecule has 0 aliphatic carbocycles. The van der Waals surface area contributed by atoms with Crippen LogP contribution in [0.5, 0.6) is 5.75 Å². The fourth-order valence-corrected chi connectivity index (χ4v) is 1.55. The summed E-state index contributed by atoms with van der Waals surface area (Å²) in [6.45, 7) is 0. The van der Waals surface area contributed by atoms with Crippen LogP contribution in [-0.2, 0) is 15.8 Å². The number of esters is 1. The van der Waals surface area contributed by atoms with Crippen LogP contribution in [0.4, 0.5) is 0 Å². The molecule has 1 unspecified atom stereocenters. The first-order valence-electron chi connectivity index (χ1n) is 3.95. The third kappa shape index (κ3) is 3.57. The molecule has 0 bridgehead atoms. The van der Waals surface area contributed by atoms with Gasteiger partial charge in [0.05, 0.1) is 19.8 Å². The molecule has 0 aliphatic heterocycles. The van der Waals surface area contributed by atoms with Crippen LogP contribution in [0.2, 0.25) is 0 Å². The third-order valence-electron chi connectivity index (χ3n) is 1.77. The molecule has 1 aromatic carbocycles. The van der Waals surface area contributed by atoms with Crippen molar-refractivity contribution in [3.05, 3.63) is 23.8 Å². The Bertz CT molecular complexity index is 407. The molecule has 5 nitrogen and oxygen atoms in total. The van der Waals surface area contributed by atoms with Gasteiger partial charge in [-0.3, -0.25) is 4.21 Å². The van der Waals surface area contributed by atoms with Gasteiger partial charge in [-0.1, -0.05) is 0 Å². The van der Waals surface area contributed by atoms with Gasteiger partial charge in [-0.15, -0.1) is 0 Å². The van der Waals surface area contributed by atoms with Crippen LogP contribution in [-0.4, -0.2) is 29.0 Å². The smallest absolute Gasteiger partial charge is 0.768 e. The van der Waals surface area contributed by atoms with E-state index in [4.69, 9.17) is 4.74 Å². The van der Waals surface area contributed by atoms with Crippen molar-refractivity contribution in [2.24, 2.45) is 0 Å². The van der Waals surface area contributed by atoms with Gasteiger partial charge >= 0.3 is 35.5 Å². The normalized spacial score (nSPS) is 11.2. The number of methoxy groups -OCH3 is 2. The average molecular weight is 252 g/mol. The van der Waals surface area contributed by atoms with Crippen LogP contribution < -0.4 is 34.3 Å². The minimum absolute atomic E-state index is 0. The van der Waals surface area contributed by atoms with E-state index in [9.17, 15) is 13.6 Å². The van der Waals surface area contributed by atoms with Crippen molar-refractivity contribution < 1.29 is 52.6 Å². The van der Waals surface area contributed by atoms with Gasteiger partial charge in [-0.2, -0.15) is 0 Å². The summed E-state index contributed by atoms with van der Waals surface area (Å²) in [7, 11) is 2.60. The first kappa shape index (κ1) is 15.6. The van der Waals surface area contributed by atoms with Gasteiger partial charge in [0, 0.05) is 4.90 Å². The van der Waals surface area contributed by atoms with E-state index in [1.807, 2.05) is 0 Å². The predicted octanol–water partition coefficient (Wildman–Crippen LogP) is -2.28. The Morgan fingerprint density at radius 1 is 1.38 bits per heavy atom. The molecule has 0 N–H and O–H groups in total. The van der Waals surface area contributed by atoms with Gasteiger partial charge in [-0.05, 0) is 29.3 Å². The zero-order valence-electron chi connectivity index (χ0n) is 9.18. The largest absolute Gasteiger partial charge is 1.00 e. The van der Waals surface area contributed by atoms with Crippen LogP contribution in [0.15, 0.2) is 23.1 Å². The van der Waals surface area contributed by atoms with Gasteiger partial charge in [-0.25, -0.2) is 4.79 Å². The first-order valence-corrected chi connectivity index (χ1v) is 5.03. The molecular formula is C9H9NaO5S. The van der Waals surface area contributed by atoms with Crippen LogP contribution in [0.1, 0.15) is 10.4 Å². The van der Waals surface area contributed by atoms with E-state index < -0.39 is 17.0 Å². The molecule has 0 heterocycles. The van der Waals surface area contributed by atoms with Gasteiger partial charge < -0.3 is 14.0 Å². The molecule has 1 atom stereocenters. The summed E-state index contributed by atoms with van der Waals surface area (Å²) >= 11 is -2.48. The van der Waals surface area contributed by atoms with E-state index in [-0.39, 0.29) is 40.0 Å². The predicted molar refractivity (Wildman–Crippen MR) is 51.5 cm³/mol. The topological polar surface area (TPSA) is 75.7 Å². The minimum atomic E-state index is -2.48. The van der Waals surface area contributed by atoms with Crippen LogP contribution in [0.25, 0.3) is 0 Å². The van der Waals surface area contributed by atoms with Crippen LogP contribution in [0.3, 0.4) is 0 Å². The number of ether oxygens (including phenoxy) is 2. The van der Waals surface area contributed by atoms with Crippen LogP contribution >= 0.6 is 0 Å². The molecule has 0 saturated heterocycles. The van der Waals surface area contributed by atoms with E-state index in [0.29, 0.717) is 5.75 Å². The van der Waals surface area contributed by atoms with Crippen molar-refractivity contribution >= 4 is 17.0 Å². The molecule has 16 heavy (non-hydrogen) atoms. The summed E-state index contributed by atoms with van der Waals surface area (Å²) in [5.74, 6) is -0.322. The van der Waals surface area contributed by atoms with Crippen molar-refractivity contribution in [2.75, 3.05) is 14.2 Å². The molecule has 0 aliphatic rings. The zero-order valence-corrected chi connectivity index (χ0v) is 12.0. The standard InChI is InChI=1S/C9H10O5S.Na/c1-13-6-3-4-8(15(11)12)7(5-6)9(10)14-2;/h3-5H,1-2H3,(H,11,12);/q;+1/p-1. The molecule has 7 heteroatoms. The zero-order chi connectivity index (χ0) is 11.4. The van der Waals surface area contributed by atoms with Crippen molar-refractivity contribution in [3.63, 3.8) is 0 Å². The van der Waals surface area contributed by atoms with Crippen molar-refractivity contribution in [1.29, 1.82) is 0 Å². The summed E-state index contributed by atoms with van der Waals surface area (Å²) in [4.78, 5) is 11.1. The first-order chi connectivity index (χ1) is 7.10. The Labute approximate surface area is 118 Å². The fourth-order valence-electron chi connectivity index (χ4n) is 1.05. The number of rotatable bonds is 3. The number of carbonyl (C=O) groups excluding carboxylic acids is 1. The second kappa shape index (κ2) is 7.03. The minimum Gasteiger partial charge on any atom is -0.768 e. The number of hydrogen-bond acceptors (Lipinski definition) is 5. The molecule has 0 amide bonds. The molecule has 0 spiro atoms. The maximum atomic E-state index is 11.3. The SMILES string of the molecule is COC(=O)c1cc(OC)ccc1S(=O)[O-].[Na+]. The molecule has 82 valence electrons. The summed E-state index contributed by atoms with van der Waals surface area (Å²) in [6, 6.07) is 4.06. The maximum absolute atomic E-state index is 11.3. The molecule has 0 aromatic heterocycles. The molecule has 0 fully saturated rings. The van der Waals surface area contributed by atoms with E-state index in [1.54, 1.807) is 0 Å². The van der Waals surface area contributed by atoms with E-state index in [0.717, 1.165) is 0 Å². The van der Waals surface area contributed by atoms with Gasteiger partial charge in [0.1, 0.15) is 5.75 Å². The molecule has 1 aromatic rings. The Kier molecular flexibility index (Phi) is 6.85. The molecule has 0 radical (unpaired) electrons. The van der Waals surface area contributed by atoms with E-state index in [1.165, 1.54) is 32.4 Å². The number of carbonyl (C=O) groups is 1. The summed E-state index contributed by atoms with van der Waals surface area (Å²) in [5.41, 5.74) is -0.0369. The second-order valence-corrected chi connectivity index (χ2v) is 3.50. The van der Waals surface area contributed by atoms with Crippen molar-refractivity contribution in [2.45, 2.75) is 4.90 Å². The Balaban J connectivity index is 0.00000225. The molecule has 0 saturated carbocycles. The Morgan fingerprint density at radius 2 is 2.00 bits per heavy atom. The second-order valence-electron chi connectivity index (χ2n) is 2.59. The number of hydrogen-bond donors (Lipinski definition) is 0. The molecule has 1 rings (SSSR count). The summed E-state index contributed by atoms with van der Waals surface area (Å²) in [5, 5.41) is 0. The summed E-state index contributed by atoms with van der Waals surface area (Å²) in [6.07, 6.45) is 0. The van der Waals surface area contributed by atoms with Crippen LogP contribution in [0, 0.1) is 0 Å². The maximum Gasteiger partial charge on any atom is 1.00 e. The average Bonchev–Trinajstić information content (AvgIpc) is 2.26. The van der Waals surface area contributed by atoms with E-state index in [2.05, 4.69) is 4.74 Å². The quantitative estimate of drug-likeness (QED) is 0.344. The third-order valence-corrected chi connectivity index (χ3v) is 2.49. The number of benzene rings is 1. The molecular weight excluding hydrogens is 243 g/mol. The summed E-state index contributed by atoms with van der Waals surface area (Å²) < 4.78 is 30.9. The monoisotopic (exact) mass is 252 g/mol. The van der Waals surface area contributed by atoms with Gasteiger partial charge in [0.25, 0.3) is 0 Å².